The van der Waals surface area contributed by atoms with Gasteiger partial charge >= 0.3 is 0 Å². The van der Waals surface area contributed by atoms with Gasteiger partial charge in [-0.3, -0.25) is 4.98 Å². The van der Waals surface area contributed by atoms with E-state index in [1.54, 1.807) is 0 Å². The first-order valence-electron chi connectivity index (χ1n) is 15.1. The first kappa shape index (κ1) is 24.8. The quantitative estimate of drug-likeness (QED) is 0.214. The molecule has 0 spiro atoms. The minimum atomic E-state index is 0.190. The molecule has 0 fully saturated rings. The number of rotatable bonds is 3. The molecule has 2 unspecified atom stereocenters. The zero-order valence-corrected chi connectivity index (χ0v) is 24.0. The highest BCUT2D eigenvalue weighted by molar-refractivity contribution is 6.10. The summed E-state index contributed by atoms with van der Waals surface area (Å²) in [6, 6.07) is 43.2. The first-order chi connectivity index (χ1) is 21.8. The van der Waals surface area contributed by atoms with E-state index in [0.717, 1.165) is 39.2 Å². The predicted octanol–water partition coefficient (Wildman–Crippen LogP) is 9.58. The fraction of sp³-hybridized carbons (Fsp3) is 0.0500. The molecule has 4 nitrogen and oxygen atoms in total. The maximum atomic E-state index is 5.01. The number of nitrogens with zero attached hydrogens (tertiary/aromatic N) is 4. The zero-order valence-electron chi connectivity index (χ0n) is 24.0. The summed E-state index contributed by atoms with van der Waals surface area (Å²) in [6.45, 7) is 0. The third-order valence-electron chi connectivity index (χ3n) is 9.00. The van der Waals surface area contributed by atoms with Crippen molar-refractivity contribution < 1.29 is 0 Å². The Kier molecular flexibility index (Phi) is 5.60. The van der Waals surface area contributed by atoms with Crippen molar-refractivity contribution >= 4 is 44.9 Å². The zero-order chi connectivity index (χ0) is 29.0. The monoisotopic (exact) mass is 564 g/mol. The lowest BCUT2D eigenvalue weighted by atomic mass is 9.86. The summed E-state index contributed by atoms with van der Waals surface area (Å²) >= 11 is 0. The molecule has 0 radical (unpaired) electrons. The van der Waals surface area contributed by atoms with Gasteiger partial charge in [0.25, 0.3) is 0 Å². The van der Waals surface area contributed by atoms with E-state index in [-0.39, 0.29) is 12.0 Å². The third-order valence-corrected chi connectivity index (χ3v) is 9.00. The highest BCUT2D eigenvalue weighted by atomic mass is 15.2. The fourth-order valence-corrected chi connectivity index (χ4v) is 7.12. The molecule has 0 bridgehead atoms. The number of aromatic nitrogens is 2. The van der Waals surface area contributed by atoms with E-state index >= 15 is 0 Å². The molecule has 208 valence electrons. The number of hydrogen-bond acceptors (Lipinski definition) is 4. The molecule has 4 aromatic carbocycles. The predicted molar refractivity (Wildman–Crippen MR) is 181 cm³/mol. The van der Waals surface area contributed by atoms with E-state index in [9.17, 15) is 0 Å². The molecule has 0 amide bonds. The van der Waals surface area contributed by atoms with Gasteiger partial charge in [-0.1, -0.05) is 97.1 Å². The molecule has 2 aromatic heterocycles. The van der Waals surface area contributed by atoms with Crippen LogP contribution in [0.15, 0.2) is 158 Å². The van der Waals surface area contributed by atoms with Crippen molar-refractivity contribution in [3.8, 4) is 11.3 Å². The van der Waals surface area contributed by atoms with Crippen molar-refractivity contribution in [1.82, 2.24) is 9.97 Å². The summed E-state index contributed by atoms with van der Waals surface area (Å²) in [5.41, 5.74) is 12.5. The summed E-state index contributed by atoms with van der Waals surface area (Å²) in [4.78, 5) is 14.6. The van der Waals surface area contributed by atoms with Crippen LogP contribution in [0.5, 0.6) is 0 Å². The van der Waals surface area contributed by atoms with Gasteiger partial charge in [0.15, 0.2) is 0 Å². The SMILES string of the molecule is C1=CC2C3=C(c4ccccc4N(c4cccc(-c5ccc6ccccc6n5)c4)c4cnccc43)N(c3ccccc3)C2C=C1. The molecule has 2 aliphatic heterocycles. The molecule has 4 heteroatoms. The van der Waals surface area contributed by atoms with Gasteiger partial charge in [-0.05, 0) is 54.1 Å². The smallest absolute Gasteiger partial charge is 0.0721 e. The Morgan fingerprint density at radius 2 is 1.43 bits per heavy atom. The van der Waals surface area contributed by atoms with Gasteiger partial charge in [0.05, 0.1) is 40.5 Å². The standard InChI is InChI=1S/C40H28N4/c1-2-13-29(14-3-1)44-36-19-8-5-16-31(36)39-32-23-24-41-26-38(32)43(37-20-9-6-17-33(37)40(39)44)30-15-10-12-28(25-30)35-22-21-27-11-4-7-18-34(27)42-35/h1-26,31,36H. The van der Waals surface area contributed by atoms with Crippen molar-refractivity contribution in [1.29, 1.82) is 0 Å². The Morgan fingerprint density at radius 3 is 2.39 bits per heavy atom. The van der Waals surface area contributed by atoms with Gasteiger partial charge in [-0.15, -0.1) is 0 Å². The van der Waals surface area contributed by atoms with Crippen LogP contribution < -0.4 is 9.80 Å². The van der Waals surface area contributed by atoms with Crippen LogP contribution in [0.4, 0.5) is 22.7 Å². The molecule has 9 rings (SSSR count). The molecule has 0 saturated carbocycles. The van der Waals surface area contributed by atoms with E-state index in [1.165, 1.54) is 28.1 Å². The largest absolute Gasteiger partial charge is 0.333 e. The summed E-state index contributed by atoms with van der Waals surface area (Å²) < 4.78 is 0. The highest BCUT2D eigenvalue weighted by Crippen LogP contribution is 2.56. The number of hydrogen-bond donors (Lipinski definition) is 0. The first-order valence-corrected chi connectivity index (χ1v) is 15.1. The van der Waals surface area contributed by atoms with Gasteiger partial charge in [0, 0.05) is 45.6 Å². The molecular formula is C40H28N4. The fourth-order valence-electron chi connectivity index (χ4n) is 7.12. The maximum absolute atomic E-state index is 5.01. The molecule has 6 aromatic rings. The molecule has 44 heavy (non-hydrogen) atoms. The van der Waals surface area contributed by atoms with Crippen molar-refractivity contribution in [2.45, 2.75) is 6.04 Å². The van der Waals surface area contributed by atoms with E-state index in [1.807, 2.05) is 18.5 Å². The second-order valence-electron chi connectivity index (χ2n) is 11.4. The third kappa shape index (κ3) is 3.78. The van der Waals surface area contributed by atoms with Crippen LogP contribution in [0.25, 0.3) is 33.4 Å². The average molecular weight is 565 g/mol. The van der Waals surface area contributed by atoms with E-state index < -0.39 is 0 Å². The lowest BCUT2D eigenvalue weighted by Crippen LogP contribution is -2.33. The molecule has 1 aliphatic carbocycles. The van der Waals surface area contributed by atoms with Crippen LogP contribution in [0.3, 0.4) is 0 Å². The highest BCUT2D eigenvalue weighted by Gasteiger charge is 2.44. The summed E-state index contributed by atoms with van der Waals surface area (Å²) in [6.07, 6.45) is 13.0. The van der Waals surface area contributed by atoms with Gasteiger partial charge in [0.2, 0.25) is 0 Å². The summed E-state index contributed by atoms with van der Waals surface area (Å²) in [5.74, 6) is 0.206. The van der Waals surface area contributed by atoms with Crippen LogP contribution in [0.1, 0.15) is 11.1 Å². The average Bonchev–Trinajstić information content (AvgIpc) is 3.38. The van der Waals surface area contributed by atoms with Crippen LogP contribution >= 0.6 is 0 Å². The lowest BCUT2D eigenvalue weighted by molar-refractivity contribution is 0.715. The van der Waals surface area contributed by atoms with Gasteiger partial charge < -0.3 is 9.80 Å². The lowest BCUT2D eigenvalue weighted by Gasteiger charge is -2.34. The molecule has 4 heterocycles. The molecule has 0 saturated heterocycles. The molecule has 2 atom stereocenters. The Balaban J connectivity index is 1.27. The minimum absolute atomic E-state index is 0.190. The topological polar surface area (TPSA) is 32.3 Å². The van der Waals surface area contributed by atoms with Gasteiger partial charge in [-0.25, -0.2) is 4.98 Å². The van der Waals surface area contributed by atoms with Crippen molar-refractivity contribution in [2.24, 2.45) is 5.92 Å². The van der Waals surface area contributed by atoms with Crippen LogP contribution in [-0.2, 0) is 0 Å². The van der Waals surface area contributed by atoms with Gasteiger partial charge in [0.1, 0.15) is 0 Å². The number of fused-ring (bicyclic) bond motifs is 7. The van der Waals surface area contributed by atoms with Gasteiger partial charge in [-0.2, -0.15) is 0 Å². The van der Waals surface area contributed by atoms with Crippen LogP contribution in [0, 0.1) is 5.92 Å². The van der Waals surface area contributed by atoms with Crippen molar-refractivity contribution in [3.63, 3.8) is 0 Å². The van der Waals surface area contributed by atoms with E-state index in [0.29, 0.717) is 0 Å². The van der Waals surface area contributed by atoms with Crippen molar-refractivity contribution in [2.75, 3.05) is 9.80 Å². The Hall–Kier alpha value is -5.74. The van der Waals surface area contributed by atoms with E-state index in [4.69, 9.17) is 4.98 Å². The molecular weight excluding hydrogens is 536 g/mol. The maximum Gasteiger partial charge on any atom is 0.0721 e. The van der Waals surface area contributed by atoms with Crippen LogP contribution in [0.2, 0.25) is 0 Å². The minimum Gasteiger partial charge on any atom is -0.333 e. The molecule has 0 N–H and O–H groups in total. The summed E-state index contributed by atoms with van der Waals surface area (Å²) in [7, 11) is 0. The van der Waals surface area contributed by atoms with Crippen LogP contribution in [-0.4, -0.2) is 16.0 Å². The number of para-hydroxylation sites is 3. The van der Waals surface area contributed by atoms with E-state index in [2.05, 4.69) is 154 Å². The second kappa shape index (κ2) is 9.92. The number of benzene rings is 4. The second-order valence-corrected chi connectivity index (χ2v) is 11.4. The number of anilines is 4. The number of pyridine rings is 2. The Labute approximate surface area is 256 Å². The molecule has 3 aliphatic rings. The number of allylic oxidation sites excluding steroid dienone is 2. The Bertz CT molecular complexity index is 2160. The Morgan fingerprint density at radius 1 is 0.614 bits per heavy atom. The van der Waals surface area contributed by atoms with Crippen molar-refractivity contribution in [3.05, 3.63) is 169 Å². The normalized spacial score (nSPS) is 18.1. The summed E-state index contributed by atoms with van der Waals surface area (Å²) in [5, 5.41) is 1.14.